The van der Waals surface area contributed by atoms with Gasteiger partial charge in [0.15, 0.2) is 0 Å². The Morgan fingerprint density at radius 3 is 2.65 bits per heavy atom. The topological polar surface area (TPSA) is 66.4 Å². The number of benzene rings is 1. The van der Waals surface area contributed by atoms with Crippen LogP contribution in [0.5, 0.6) is 0 Å². The lowest BCUT2D eigenvalue weighted by Gasteiger charge is -2.13. The van der Waals surface area contributed by atoms with Crippen LogP contribution in [0.1, 0.15) is 24.1 Å². The fourth-order valence-electron chi connectivity index (χ4n) is 1.43. The molecule has 0 aliphatic carbocycles. The highest BCUT2D eigenvalue weighted by atomic mass is 16.4. The number of aliphatic carboxylic acids is 1. The Bertz CT molecular complexity index is 452. The van der Waals surface area contributed by atoms with Crippen LogP contribution in [0.15, 0.2) is 36.4 Å². The average molecular weight is 233 g/mol. The van der Waals surface area contributed by atoms with Gasteiger partial charge in [0.1, 0.15) is 0 Å². The van der Waals surface area contributed by atoms with E-state index in [9.17, 15) is 9.59 Å². The van der Waals surface area contributed by atoms with Crippen LogP contribution < -0.4 is 5.32 Å². The van der Waals surface area contributed by atoms with Crippen molar-refractivity contribution in [1.82, 2.24) is 5.32 Å². The highest BCUT2D eigenvalue weighted by Gasteiger charge is 2.07. The SMILES string of the molecule is Cc1cccc([C@H](C)NC(=O)/C=C/C(=O)O)c1. The Balaban J connectivity index is 2.63. The third-order valence-corrected chi connectivity index (χ3v) is 2.28. The summed E-state index contributed by atoms with van der Waals surface area (Å²) in [5.74, 6) is -1.55. The minimum atomic E-state index is -1.14. The molecule has 1 aromatic carbocycles. The third kappa shape index (κ3) is 4.51. The van der Waals surface area contributed by atoms with Crippen molar-refractivity contribution in [3.63, 3.8) is 0 Å². The predicted octanol–water partition coefficient (Wildman–Crippen LogP) is 1.81. The van der Waals surface area contributed by atoms with E-state index in [0.717, 1.165) is 23.3 Å². The molecule has 1 amide bonds. The average Bonchev–Trinajstić information content (AvgIpc) is 2.26. The lowest BCUT2D eigenvalue weighted by molar-refractivity contribution is -0.131. The number of nitrogens with one attached hydrogen (secondary N) is 1. The predicted molar refractivity (Wildman–Crippen MR) is 64.5 cm³/mol. The van der Waals surface area contributed by atoms with Crippen LogP contribution in [-0.2, 0) is 9.59 Å². The Kier molecular flexibility index (Phi) is 4.46. The fraction of sp³-hybridized carbons (Fsp3) is 0.231. The molecule has 0 saturated heterocycles. The highest BCUT2D eigenvalue weighted by Crippen LogP contribution is 2.13. The molecule has 0 spiro atoms. The summed E-state index contributed by atoms with van der Waals surface area (Å²) in [6, 6.07) is 7.63. The first-order valence-electron chi connectivity index (χ1n) is 5.27. The Hall–Kier alpha value is -2.10. The van der Waals surface area contributed by atoms with Crippen molar-refractivity contribution in [2.45, 2.75) is 19.9 Å². The summed E-state index contributed by atoms with van der Waals surface area (Å²) < 4.78 is 0. The van der Waals surface area contributed by atoms with Gasteiger partial charge in [0.25, 0.3) is 0 Å². The smallest absolute Gasteiger partial charge is 0.328 e. The lowest BCUT2D eigenvalue weighted by atomic mass is 10.1. The van der Waals surface area contributed by atoms with Gasteiger partial charge in [0.05, 0.1) is 6.04 Å². The van der Waals surface area contributed by atoms with Gasteiger partial charge in [-0.1, -0.05) is 29.8 Å². The van der Waals surface area contributed by atoms with Crippen molar-refractivity contribution < 1.29 is 14.7 Å². The molecule has 0 saturated carbocycles. The summed E-state index contributed by atoms with van der Waals surface area (Å²) in [4.78, 5) is 21.6. The molecular formula is C13H15NO3. The number of hydrogen-bond donors (Lipinski definition) is 2. The van der Waals surface area contributed by atoms with E-state index in [1.807, 2.05) is 38.1 Å². The van der Waals surface area contributed by atoms with E-state index >= 15 is 0 Å². The van der Waals surface area contributed by atoms with Crippen LogP contribution in [0, 0.1) is 6.92 Å². The maximum Gasteiger partial charge on any atom is 0.328 e. The molecule has 0 bridgehead atoms. The zero-order chi connectivity index (χ0) is 12.8. The van der Waals surface area contributed by atoms with Gasteiger partial charge in [-0.15, -0.1) is 0 Å². The van der Waals surface area contributed by atoms with Crippen LogP contribution in [0.2, 0.25) is 0 Å². The van der Waals surface area contributed by atoms with Gasteiger partial charge in [-0.3, -0.25) is 4.79 Å². The van der Waals surface area contributed by atoms with Crippen LogP contribution in [0.4, 0.5) is 0 Å². The summed E-state index contributed by atoms with van der Waals surface area (Å²) in [5, 5.41) is 11.1. The van der Waals surface area contributed by atoms with Crippen LogP contribution in [-0.4, -0.2) is 17.0 Å². The molecule has 4 nitrogen and oxygen atoms in total. The Labute approximate surface area is 100.0 Å². The first-order valence-corrected chi connectivity index (χ1v) is 5.27. The van der Waals surface area contributed by atoms with Gasteiger partial charge >= 0.3 is 5.97 Å². The van der Waals surface area contributed by atoms with E-state index in [2.05, 4.69) is 5.32 Å². The maximum atomic E-state index is 11.4. The van der Waals surface area contributed by atoms with Crippen LogP contribution >= 0.6 is 0 Å². The second-order valence-electron chi connectivity index (χ2n) is 3.82. The number of rotatable bonds is 4. The summed E-state index contributed by atoms with van der Waals surface area (Å²) in [5.41, 5.74) is 2.10. The number of carbonyl (C=O) groups excluding carboxylic acids is 1. The molecule has 1 rings (SSSR count). The molecule has 0 heterocycles. The Morgan fingerprint density at radius 1 is 1.35 bits per heavy atom. The fourth-order valence-corrected chi connectivity index (χ4v) is 1.43. The molecule has 0 aromatic heterocycles. The summed E-state index contributed by atoms with van der Waals surface area (Å²) in [7, 11) is 0. The number of carboxylic acids is 1. The molecule has 1 atom stereocenters. The minimum absolute atomic E-state index is 0.152. The summed E-state index contributed by atoms with van der Waals surface area (Å²) in [6.45, 7) is 3.82. The van der Waals surface area contributed by atoms with Gasteiger partial charge in [-0.2, -0.15) is 0 Å². The van der Waals surface area contributed by atoms with Gasteiger partial charge in [0.2, 0.25) is 5.91 Å². The van der Waals surface area contributed by atoms with Gasteiger partial charge in [0, 0.05) is 12.2 Å². The monoisotopic (exact) mass is 233 g/mol. The zero-order valence-electron chi connectivity index (χ0n) is 9.81. The number of amides is 1. The number of aryl methyl sites for hydroxylation is 1. The molecule has 4 heteroatoms. The van der Waals surface area contributed by atoms with Gasteiger partial charge in [-0.05, 0) is 19.4 Å². The first kappa shape index (κ1) is 13.0. The largest absolute Gasteiger partial charge is 0.478 e. The molecule has 90 valence electrons. The van der Waals surface area contributed by atoms with Crippen molar-refractivity contribution in [3.8, 4) is 0 Å². The van der Waals surface area contributed by atoms with E-state index in [0.29, 0.717) is 0 Å². The summed E-state index contributed by atoms with van der Waals surface area (Å²) in [6.07, 6.45) is 1.83. The molecular weight excluding hydrogens is 218 g/mol. The quantitative estimate of drug-likeness (QED) is 0.779. The second kappa shape index (κ2) is 5.84. The highest BCUT2D eigenvalue weighted by molar-refractivity contribution is 5.94. The van der Waals surface area contributed by atoms with Crippen LogP contribution in [0.25, 0.3) is 0 Å². The van der Waals surface area contributed by atoms with Crippen molar-refractivity contribution in [3.05, 3.63) is 47.5 Å². The standard InChI is InChI=1S/C13H15NO3/c1-9-4-3-5-11(8-9)10(2)14-12(15)6-7-13(16)17/h3-8,10H,1-2H3,(H,14,15)(H,16,17)/b7-6+/t10-/m0/s1. The molecule has 17 heavy (non-hydrogen) atoms. The third-order valence-electron chi connectivity index (χ3n) is 2.28. The van der Waals surface area contributed by atoms with Crippen molar-refractivity contribution >= 4 is 11.9 Å². The van der Waals surface area contributed by atoms with E-state index < -0.39 is 11.9 Å². The molecule has 0 aliphatic rings. The van der Waals surface area contributed by atoms with Crippen molar-refractivity contribution in [2.75, 3.05) is 0 Å². The van der Waals surface area contributed by atoms with Crippen molar-refractivity contribution in [2.24, 2.45) is 0 Å². The summed E-state index contributed by atoms with van der Waals surface area (Å²) >= 11 is 0. The number of carboxylic acid groups (broad SMARTS) is 1. The molecule has 0 unspecified atom stereocenters. The lowest BCUT2D eigenvalue weighted by Crippen LogP contribution is -2.24. The first-order chi connectivity index (χ1) is 7.99. The second-order valence-corrected chi connectivity index (χ2v) is 3.82. The molecule has 0 radical (unpaired) electrons. The van der Waals surface area contributed by atoms with Gasteiger partial charge in [-0.25, -0.2) is 4.79 Å². The van der Waals surface area contributed by atoms with E-state index in [1.54, 1.807) is 0 Å². The van der Waals surface area contributed by atoms with Crippen molar-refractivity contribution in [1.29, 1.82) is 0 Å². The molecule has 0 fully saturated rings. The molecule has 0 aliphatic heterocycles. The molecule has 1 aromatic rings. The zero-order valence-corrected chi connectivity index (χ0v) is 9.81. The van der Waals surface area contributed by atoms with Gasteiger partial charge < -0.3 is 10.4 Å². The number of hydrogen-bond acceptors (Lipinski definition) is 2. The van der Waals surface area contributed by atoms with E-state index in [-0.39, 0.29) is 6.04 Å². The Morgan fingerprint density at radius 2 is 2.06 bits per heavy atom. The normalized spacial score (nSPS) is 12.4. The maximum absolute atomic E-state index is 11.4. The van der Waals surface area contributed by atoms with E-state index in [4.69, 9.17) is 5.11 Å². The molecule has 2 N–H and O–H groups in total. The number of carbonyl (C=O) groups is 2. The minimum Gasteiger partial charge on any atom is -0.478 e. The van der Waals surface area contributed by atoms with E-state index in [1.165, 1.54) is 0 Å². The van der Waals surface area contributed by atoms with Crippen LogP contribution in [0.3, 0.4) is 0 Å².